The number of hydrogen-bond acceptors (Lipinski definition) is 5. The molecule has 0 aromatic heterocycles. The molecular weight excluding hydrogens is 450 g/mol. The molecule has 0 bridgehead atoms. The first kappa shape index (κ1) is 23.6. The zero-order valence-electron chi connectivity index (χ0n) is 18.7. The number of sulfonamides is 1. The zero-order valence-corrected chi connectivity index (χ0v) is 19.5. The fourth-order valence-electron chi connectivity index (χ4n) is 4.33. The molecule has 4 rings (SSSR count). The van der Waals surface area contributed by atoms with E-state index < -0.39 is 21.7 Å². The van der Waals surface area contributed by atoms with Crippen LogP contribution in [0.5, 0.6) is 5.75 Å². The lowest BCUT2D eigenvalue weighted by Crippen LogP contribution is -2.42. The van der Waals surface area contributed by atoms with Gasteiger partial charge in [-0.15, -0.1) is 0 Å². The number of carbonyl (C=O) groups excluding carboxylic acids is 1. The minimum atomic E-state index is -3.80. The molecule has 1 saturated heterocycles. The molecule has 0 spiro atoms. The van der Waals surface area contributed by atoms with Gasteiger partial charge in [0.25, 0.3) is 5.91 Å². The van der Waals surface area contributed by atoms with Gasteiger partial charge in [-0.05, 0) is 74.4 Å². The number of hydrogen-bond donors (Lipinski definition) is 1. The van der Waals surface area contributed by atoms with E-state index in [9.17, 15) is 22.0 Å². The molecule has 6 nitrogen and oxygen atoms in total. The van der Waals surface area contributed by atoms with Crippen molar-refractivity contribution in [1.29, 1.82) is 0 Å². The van der Waals surface area contributed by atoms with Crippen molar-refractivity contribution in [1.82, 2.24) is 9.62 Å². The molecule has 9 heteroatoms. The Labute approximate surface area is 193 Å². The molecule has 1 unspecified atom stereocenters. The van der Waals surface area contributed by atoms with E-state index in [1.165, 1.54) is 24.3 Å². The number of piperidine rings is 1. The fourth-order valence-corrected chi connectivity index (χ4v) is 4.78. The summed E-state index contributed by atoms with van der Waals surface area (Å²) in [5.41, 5.74) is 1.45. The number of carbonyl (C=O) groups is 1. The lowest BCUT2D eigenvalue weighted by molar-refractivity contribution is 0.0650. The van der Waals surface area contributed by atoms with Crippen LogP contribution in [0.15, 0.2) is 36.4 Å². The summed E-state index contributed by atoms with van der Waals surface area (Å²) in [6.07, 6.45) is 4.24. The van der Waals surface area contributed by atoms with Crippen molar-refractivity contribution in [3.05, 3.63) is 64.7 Å². The highest BCUT2D eigenvalue weighted by molar-refractivity contribution is 7.89. The number of amides is 1. The predicted molar refractivity (Wildman–Crippen MR) is 121 cm³/mol. The average molecular weight is 479 g/mol. The van der Waals surface area contributed by atoms with E-state index >= 15 is 0 Å². The number of ether oxygens (including phenoxy) is 1. The standard InChI is InChI=1S/C24H28F2N2O4S/c1-15(16-7-9-18(25)10-8-16)28-11-3-4-19(14-28)32-23-13-22(26)21(12-20(23)17-5-6-17)24(29)27-33(2,30)31/h7-10,12-13,15,17,19H,3-6,11,14H2,1-2H3,(H,27,29)/t15-,19?/m1/s1. The van der Waals surface area contributed by atoms with Crippen molar-refractivity contribution >= 4 is 15.9 Å². The normalized spacial score (nSPS) is 20.3. The van der Waals surface area contributed by atoms with Gasteiger partial charge in [-0.2, -0.15) is 0 Å². The molecule has 1 saturated carbocycles. The van der Waals surface area contributed by atoms with Gasteiger partial charge in [0.05, 0.1) is 11.8 Å². The molecule has 2 fully saturated rings. The Bertz CT molecular complexity index is 1130. The molecule has 1 aliphatic carbocycles. The molecule has 1 amide bonds. The molecule has 2 aromatic carbocycles. The van der Waals surface area contributed by atoms with E-state index in [0.717, 1.165) is 49.6 Å². The third-order valence-corrected chi connectivity index (χ3v) is 6.80. The summed E-state index contributed by atoms with van der Waals surface area (Å²) in [4.78, 5) is 14.5. The SMILES string of the molecule is C[C@H](c1ccc(F)cc1)N1CCCC(Oc2cc(F)c(C(=O)NS(C)(=O)=O)cc2C2CC2)C1. The van der Waals surface area contributed by atoms with Crippen LogP contribution in [0.1, 0.15) is 66.1 Å². The second kappa shape index (κ2) is 9.38. The molecule has 1 N–H and O–H groups in total. The first-order valence-corrected chi connectivity index (χ1v) is 13.0. The quantitative estimate of drug-likeness (QED) is 0.648. The van der Waals surface area contributed by atoms with Gasteiger partial charge in [0.1, 0.15) is 23.5 Å². The first-order chi connectivity index (χ1) is 15.6. The molecule has 1 aliphatic heterocycles. The van der Waals surface area contributed by atoms with Gasteiger partial charge >= 0.3 is 0 Å². The summed E-state index contributed by atoms with van der Waals surface area (Å²) in [5, 5.41) is 0. The van der Waals surface area contributed by atoms with Gasteiger partial charge in [0.15, 0.2) is 0 Å². The number of halogens is 2. The van der Waals surface area contributed by atoms with Crippen LogP contribution < -0.4 is 9.46 Å². The number of benzene rings is 2. The van der Waals surface area contributed by atoms with Crippen LogP contribution in [-0.4, -0.2) is 44.7 Å². The summed E-state index contributed by atoms with van der Waals surface area (Å²) >= 11 is 0. The Balaban J connectivity index is 1.51. The molecule has 2 atom stereocenters. The number of nitrogens with zero attached hydrogens (tertiary/aromatic N) is 1. The van der Waals surface area contributed by atoms with Crippen molar-refractivity contribution in [3.63, 3.8) is 0 Å². The Kier molecular flexibility index (Phi) is 6.72. The van der Waals surface area contributed by atoms with Crippen LogP contribution >= 0.6 is 0 Å². The summed E-state index contributed by atoms with van der Waals surface area (Å²) in [7, 11) is -3.80. The maximum Gasteiger partial charge on any atom is 0.267 e. The minimum absolute atomic E-state index is 0.0821. The fraction of sp³-hybridized carbons (Fsp3) is 0.458. The van der Waals surface area contributed by atoms with E-state index in [2.05, 4.69) is 11.8 Å². The van der Waals surface area contributed by atoms with E-state index in [1.807, 2.05) is 4.72 Å². The number of likely N-dealkylation sites (tertiary alicyclic amines) is 1. The highest BCUT2D eigenvalue weighted by Crippen LogP contribution is 2.45. The molecule has 2 aromatic rings. The highest BCUT2D eigenvalue weighted by Gasteiger charge is 2.32. The van der Waals surface area contributed by atoms with Crippen molar-refractivity contribution in [2.75, 3.05) is 19.3 Å². The van der Waals surface area contributed by atoms with E-state index in [0.29, 0.717) is 12.3 Å². The Morgan fingerprint density at radius 3 is 2.48 bits per heavy atom. The average Bonchev–Trinajstić information content (AvgIpc) is 3.58. The predicted octanol–water partition coefficient (Wildman–Crippen LogP) is 4.14. The second-order valence-corrected chi connectivity index (χ2v) is 10.7. The minimum Gasteiger partial charge on any atom is -0.489 e. The topological polar surface area (TPSA) is 75.7 Å². The Morgan fingerprint density at radius 1 is 1.15 bits per heavy atom. The van der Waals surface area contributed by atoms with Gasteiger partial charge < -0.3 is 4.74 Å². The van der Waals surface area contributed by atoms with Crippen molar-refractivity contribution in [2.24, 2.45) is 0 Å². The van der Waals surface area contributed by atoms with Crippen LogP contribution in [0.3, 0.4) is 0 Å². The lowest BCUT2D eigenvalue weighted by atomic mass is 10.0. The molecule has 0 radical (unpaired) electrons. The van der Waals surface area contributed by atoms with Crippen LogP contribution in [-0.2, 0) is 10.0 Å². The van der Waals surface area contributed by atoms with Gasteiger partial charge in [0, 0.05) is 18.7 Å². The van der Waals surface area contributed by atoms with Crippen molar-refractivity contribution in [2.45, 2.75) is 50.7 Å². The monoisotopic (exact) mass is 478 g/mol. The molecule has 33 heavy (non-hydrogen) atoms. The van der Waals surface area contributed by atoms with Crippen LogP contribution in [0.4, 0.5) is 8.78 Å². The van der Waals surface area contributed by atoms with E-state index in [1.54, 1.807) is 12.1 Å². The Morgan fingerprint density at radius 2 is 1.85 bits per heavy atom. The Hall–Kier alpha value is -2.52. The molecule has 178 valence electrons. The third-order valence-electron chi connectivity index (χ3n) is 6.24. The van der Waals surface area contributed by atoms with Crippen molar-refractivity contribution < 1.29 is 26.7 Å². The summed E-state index contributed by atoms with van der Waals surface area (Å²) in [5.74, 6) is -1.49. The maximum absolute atomic E-state index is 14.8. The van der Waals surface area contributed by atoms with Crippen LogP contribution in [0, 0.1) is 11.6 Å². The molecule has 2 aliphatic rings. The zero-order chi connectivity index (χ0) is 23.8. The van der Waals surface area contributed by atoms with Gasteiger partial charge in [-0.1, -0.05) is 12.1 Å². The first-order valence-electron chi connectivity index (χ1n) is 11.1. The second-order valence-electron chi connectivity index (χ2n) is 8.95. The van der Waals surface area contributed by atoms with Crippen LogP contribution in [0.2, 0.25) is 0 Å². The highest BCUT2D eigenvalue weighted by atomic mass is 32.2. The van der Waals surface area contributed by atoms with Gasteiger partial charge in [-0.25, -0.2) is 21.9 Å². The number of nitrogens with one attached hydrogen (secondary N) is 1. The van der Waals surface area contributed by atoms with E-state index in [-0.39, 0.29) is 29.4 Å². The molecular formula is C24H28F2N2O4S. The summed E-state index contributed by atoms with van der Waals surface area (Å²) in [6.45, 7) is 3.59. The van der Waals surface area contributed by atoms with Gasteiger partial charge in [-0.3, -0.25) is 9.69 Å². The van der Waals surface area contributed by atoms with Crippen LogP contribution in [0.25, 0.3) is 0 Å². The summed E-state index contributed by atoms with van der Waals surface area (Å²) in [6, 6.07) is 9.18. The number of rotatable bonds is 7. The van der Waals surface area contributed by atoms with E-state index in [4.69, 9.17) is 4.74 Å². The van der Waals surface area contributed by atoms with Crippen molar-refractivity contribution in [3.8, 4) is 5.75 Å². The maximum atomic E-state index is 14.8. The summed E-state index contributed by atoms with van der Waals surface area (Å²) < 4.78 is 58.9. The van der Waals surface area contributed by atoms with Gasteiger partial charge in [0.2, 0.25) is 10.0 Å². The smallest absolute Gasteiger partial charge is 0.267 e. The largest absolute Gasteiger partial charge is 0.489 e. The molecule has 1 heterocycles. The third kappa shape index (κ3) is 5.89. The lowest BCUT2D eigenvalue weighted by Gasteiger charge is -2.37.